The Morgan fingerprint density at radius 3 is 2.64 bits per heavy atom. The van der Waals surface area contributed by atoms with E-state index in [9.17, 15) is 22.8 Å². The number of fused-ring (bicyclic) bond motifs is 1. The predicted molar refractivity (Wildman–Crippen MR) is 121 cm³/mol. The smallest absolute Gasteiger partial charge is 0.329 e. The fourth-order valence-corrected chi connectivity index (χ4v) is 5.37. The summed E-state index contributed by atoms with van der Waals surface area (Å²) in [6, 6.07) is 5.73. The molecule has 3 aromatic rings. The van der Waals surface area contributed by atoms with Crippen molar-refractivity contribution in [2.75, 3.05) is 25.0 Å². The molecule has 1 aromatic carbocycles. The van der Waals surface area contributed by atoms with Gasteiger partial charge in [0.05, 0.1) is 17.6 Å². The van der Waals surface area contributed by atoms with Crippen molar-refractivity contribution in [1.29, 1.82) is 0 Å². The van der Waals surface area contributed by atoms with Crippen LogP contribution in [0.4, 0.5) is 5.69 Å². The van der Waals surface area contributed by atoms with E-state index in [1.54, 1.807) is 6.92 Å². The highest BCUT2D eigenvalue weighted by atomic mass is 32.2. The zero-order valence-electron chi connectivity index (χ0n) is 18.1. The largest absolute Gasteiger partial charge is 0.492 e. The van der Waals surface area contributed by atoms with Gasteiger partial charge in [-0.15, -0.1) is 0 Å². The van der Waals surface area contributed by atoms with E-state index < -0.39 is 27.2 Å². The maximum Gasteiger partial charge on any atom is 0.329 e. The van der Waals surface area contributed by atoms with E-state index >= 15 is 0 Å². The van der Waals surface area contributed by atoms with Crippen molar-refractivity contribution >= 4 is 32.7 Å². The molecular formula is C21H23N5O6S. The summed E-state index contributed by atoms with van der Waals surface area (Å²) in [5.41, 5.74) is -0.811. The lowest BCUT2D eigenvalue weighted by Gasteiger charge is -2.19. The SMILES string of the molecule is CCOc1ccc(NC(=O)c2cnc3c(c2)c(=O)[nH]c(=O)n3C)cc1S(=O)(=O)N1CCCC1. The summed E-state index contributed by atoms with van der Waals surface area (Å²) in [5.74, 6) is -0.381. The zero-order valence-corrected chi connectivity index (χ0v) is 18.9. The first kappa shape index (κ1) is 22.7. The molecule has 0 bridgehead atoms. The van der Waals surface area contributed by atoms with Crippen LogP contribution in [-0.4, -0.2) is 52.9 Å². The van der Waals surface area contributed by atoms with E-state index in [0.717, 1.165) is 12.8 Å². The van der Waals surface area contributed by atoms with Crippen molar-refractivity contribution < 1.29 is 17.9 Å². The number of carbonyl (C=O) groups is 1. The number of nitrogens with one attached hydrogen (secondary N) is 2. The molecule has 0 radical (unpaired) electrons. The molecule has 1 aliphatic heterocycles. The molecule has 0 spiro atoms. The van der Waals surface area contributed by atoms with E-state index in [0.29, 0.717) is 13.1 Å². The van der Waals surface area contributed by atoms with Gasteiger partial charge in [0.1, 0.15) is 16.3 Å². The Bertz CT molecular complexity index is 1450. The lowest BCUT2D eigenvalue weighted by Crippen LogP contribution is -2.29. The molecule has 11 nitrogen and oxygen atoms in total. The number of H-pyrrole nitrogens is 1. The summed E-state index contributed by atoms with van der Waals surface area (Å²) in [4.78, 5) is 42.9. The van der Waals surface area contributed by atoms with Gasteiger partial charge in [-0.05, 0) is 44.0 Å². The number of amides is 1. The number of carbonyl (C=O) groups excluding carboxylic acids is 1. The van der Waals surface area contributed by atoms with Gasteiger partial charge in [-0.2, -0.15) is 4.31 Å². The maximum atomic E-state index is 13.1. The van der Waals surface area contributed by atoms with Crippen molar-refractivity contribution in [2.24, 2.45) is 7.05 Å². The Kier molecular flexibility index (Phi) is 6.04. The van der Waals surface area contributed by atoms with Crippen LogP contribution in [0.3, 0.4) is 0 Å². The minimum atomic E-state index is -3.79. The Hall–Kier alpha value is -3.51. The average molecular weight is 474 g/mol. The number of aryl methyl sites for hydroxylation is 1. The first-order valence-corrected chi connectivity index (χ1v) is 11.8. The molecule has 4 rings (SSSR count). The minimum Gasteiger partial charge on any atom is -0.492 e. The van der Waals surface area contributed by atoms with Crippen molar-refractivity contribution in [3.63, 3.8) is 0 Å². The highest BCUT2D eigenvalue weighted by Crippen LogP contribution is 2.31. The first-order chi connectivity index (χ1) is 15.7. The van der Waals surface area contributed by atoms with Crippen LogP contribution in [0.1, 0.15) is 30.1 Å². The second kappa shape index (κ2) is 8.79. The number of sulfonamides is 1. The van der Waals surface area contributed by atoms with Crippen LogP contribution in [-0.2, 0) is 17.1 Å². The van der Waals surface area contributed by atoms with E-state index in [4.69, 9.17) is 4.74 Å². The molecule has 33 heavy (non-hydrogen) atoms. The molecule has 1 saturated heterocycles. The average Bonchev–Trinajstić information content (AvgIpc) is 3.34. The van der Waals surface area contributed by atoms with E-state index in [-0.39, 0.29) is 39.5 Å². The van der Waals surface area contributed by atoms with Crippen LogP contribution in [0.5, 0.6) is 5.75 Å². The number of aromatic nitrogens is 3. The monoisotopic (exact) mass is 473 g/mol. The third kappa shape index (κ3) is 4.26. The predicted octanol–water partition coefficient (Wildman–Crippen LogP) is 1.06. The van der Waals surface area contributed by atoms with Crippen LogP contribution in [0.2, 0.25) is 0 Å². The van der Waals surface area contributed by atoms with Crippen molar-refractivity contribution in [3.8, 4) is 5.75 Å². The molecule has 1 aliphatic rings. The number of hydrogen-bond acceptors (Lipinski definition) is 7. The van der Waals surface area contributed by atoms with E-state index in [2.05, 4.69) is 15.3 Å². The summed E-state index contributed by atoms with van der Waals surface area (Å²) in [6.45, 7) is 2.91. The molecule has 0 aliphatic carbocycles. The molecule has 1 amide bonds. The van der Waals surface area contributed by atoms with Crippen LogP contribution in [0.25, 0.3) is 11.0 Å². The van der Waals surface area contributed by atoms with E-state index in [1.807, 2.05) is 0 Å². The van der Waals surface area contributed by atoms with Gasteiger partial charge in [-0.3, -0.25) is 19.1 Å². The number of ether oxygens (including phenoxy) is 1. The quantitative estimate of drug-likeness (QED) is 0.545. The standard InChI is InChI=1S/C21H23N5O6S/c1-3-32-16-7-6-14(11-17(16)33(30,31)26-8-4-5-9-26)23-19(27)13-10-15-18(22-12-13)25(2)21(29)24-20(15)28/h6-7,10-12H,3-5,8-9H2,1-2H3,(H,23,27)(H,24,28,29). The second-order valence-corrected chi connectivity index (χ2v) is 9.48. The normalized spacial score (nSPS) is 14.5. The van der Waals surface area contributed by atoms with Gasteiger partial charge >= 0.3 is 5.69 Å². The van der Waals surface area contributed by atoms with Crippen molar-refractivity contribution in [1.82, 2.24) is 18.8 Å². The molecule has 0 unspecified atom stereocenters. The number of benzene rings is 1. The minimum absolute atomic E-state index is 0.0212. The Morgan fingerprint density at radius 2 is 1.94 bits per heavy atom. The van der Waals surface area contributed by atoms with Gasteiger partial charge in [0.25, 0.3) is 11.5 Å². The van der Waals surface area contributed by atoms with Crippen LogP contribution < -0.4 is 21.3 Å². The van der Waals surface area contributed by atoms with Gasteiger partial charge < -0.3 is 10.1 Å². The maximum absolute atomic E-state index is 13.1. The Morgan fingerprint density at radius 1 is 1.21 bits per heavy atom. The molecule has 2 aromatic heterocycles. The summed E-state index contributed by atoms with van der Waals surface area (Å²) >= 11 is 0. The highest BCUT2D eigenvalue weighted by molar-refractivity contribution is 7.89. The number of hydrogen-bond donors (Lipinski definition) is 2. The van der Waals surface area contributed by atoms with Gasteiger partial charge in [0, 0.05) is 32.0 Å². The number of anilines is 1. The Labute approximate surface area is 189 Å². The molecule has 2 N–H and O–H groups in total. The number of aromatic amines is 1. The zero-order chi connectivity index (χ0) is 23.8. The van der Waals surface area contributed by atoms with Gasteiger partial charge in [0.2, 0.25) is 10.0 Å². The number of pyridine rings is 1. The number of rotatable bonds is 6. The molecule has 174 valence electrons. The highest BCUT2D eigenvalue weighted by Gasteiger charge is 2.30. The molecule has 3 heterocycles. The molecule has 0 atom stereocenters. The summed E-state index contributed by atoms with van der Waals surface area (Å²) < 4.78 is 34.4. The second-order valence-electron chi connectivity index (χ2n) is 7.57. The fourth-order valence-electron chi connectivity index (χ4n) is 3.69. The van der Waals surface area contributed by atoms with Crippen LogP contribution in [0, 0.1) is 0 Å². The summed E-state index contributed by atoms with van der Waals surface area (Å²) in [5, 5.41) is 2.72. The van der Waals surface area contributed by atoms with Gasteiger partial charge in [-0.1, -0.05) is 0 Å². The summed E-state index contributed by atoms with van der Waals surface area (Å²) in [6.07, 6.45) is 2.83. The molecule has 1 fully saturated rings. The lowest BCUT2D eigenvalue weighted by molar-refractivity contribution is 0.102. The van der Waals surface area contributed by atoms with Gasteiger partial charge in [-0.25, -0.2) is 18.2 Å². The third-order valence-electron chi connectivity index (χ3n) is 5.40. The topological polar surface area (TPSA) is 143 Å². The first-order valence-electron chi connectivity index (χ1n) is 10.4. The third-order valence-corrected chi connectivity index (χ3v) is 7.32. The fraction of sp³-hybridized carbons (Fsp3) is 0.333. The Balaban J connectivity index is 1.68. The molecule has 12 heteroatoms. The molecule has 0 saturated carbocycles. The number of nitrogens with zero attached hydrogens (tertiary/aromatic N) is 3. The van der Waals surface area contributed by atoms with E-state index in [1.165, 1.54) is 46.4 Å². The van der Waals surface area contributed by atoms with Gasteiger partial charge in [0.15, 0.2) is 0 Å². The van der Waals surface area contributed by atoms with Crippen molar-refractivity contribution in [2.45, 2.75) is 24.7 Å². The summed E-state index contributed by atoms with van der Waals surface area (Å²) in [7, 11) is -2.34. The lowest BCUT2D eigenvalue weighted by atomic mass is 10.2. The molecular weight excluding hydrogens is 450 g/mol. The van der Waals surface area contributed by atoms with Crippen LogP contribution in [0.15, 0.2) is 44.9 Å². The van der Waals surface area contributed by atoms with Crippen LogP contribution >= 0.6 is 0 Å². The van der Waals surface area contributed by atoms with Crippen molar-refractivity contribution in [3.05, 3.63) is 56.9 Å².